The topological polar surface area (TPSA) is 46.9 Å². The first-order valence-electron chi connectivity index (χ1n) is 6.40. The number of nitrogens with zero attached hydrogens (tertiary/aromatic N) is 2. The van der Waals surface area contributed by atoms with E-state index in [1.165, 1.54) is 12.1 Å². The van der Waals surface area contributed by atoms with Crippen molar-refractivity contribution >= 4 is 21.7 Å². The van der Waals surface area contributed by atoms with Gasteiger partial charge in [0.15, 0.2) is 5.82 Å². The van der Waals surface area contributed by atoms with E-state index in [0.29, 0.717) is 18.4 Å². The van der Waals surface area contributed by atoms with Crippen molar-refractivity contribution in [2.75, 3.05) is 5.32 Å². The molecule has 1 aliphatic carbocycles. The number of anilines is 1. The van der Waals surface area contributed by atoms with Crippen molar-refractivity contribution in [2.45, 2.75) is 25.4 Å². The molecule has 0 unspecified atom stereocenters. The van der Waals surface area contributed by atoms with Gasteiger partial charge in [0.25, 0.3) is 5.56 Å². The molecule has 0 saturated heterocycles. The maximum atomic E-state index is 13.2. The van der Waals surface area contributed by atoms with Gasteiger partial charge in [0.1, 0.15) is 5.82 Å². The van der Waals surface area contributed by atoms with Crippen molar-refractivity contribution in [1.82, 2.24) is 9.55 Å². The zero-order valence-electron chi connectivity index (χ0n) is 10.6. The van der Waals surface area contributed by atoms with Crippen LogP contribution in [0.4, 0.5) is 10.2 Å². The summed E-state index contributed by atoms with van der Waals surface area (Å²) < 4.78 is 15.7. The normalized spacial score (nSPS) is 14.3. The second-order valence-electron chi connectivity index (χ2n) is 4.81. The number of halogens is 2. The van der Waals surface area contributed by atoms with Crippen molar-refractivity contribution in [3.05, 3.63) is 56.8 Å². The zero-order chi connectivity index (χ0) is 14.1. The Morgan fingerprint density at radius 2 is 2.25 bits per heavy atom. The minimum absolute atomic E-state index is 0.123. The van der Waals surface area contributed by atoms with Gasteiger partial charge in [0.2, 0.25) is 0 Å². The molecular formula is C14H13BrFN3O. The number of rotatable bonds is 4. The predicted octanol–water partition coefficient (Wildman–Crippen LogP) is 3.09. The molecule has 1 saturated carbocycles. The predicted molar refractivity (Wildman–Crippen MR) is 78.2 cm³/mol. The summed E-state index contributed by atoms with van der Waals surface area (Å²) in [7, 11) is 0. The average molecular weight is 338 g/mol. The Hall–Kier alpha value is -1.69. The second-order valence-corrected chi connectivity index (χ2v) is 5.66. The lowest BCUT2D eigenvalue weighted by atomic mass is 10.2. The van der Waals surface area contributed by atoms with E-state index in [1.807, 2.05) is 0 Å². The summed E-state index contributed by atoms with van der Waals surface area (Å²) in [5.74, 6) is -0.00280. The Balaban J connectivity index is 1.80. The average Bonchev–Trinajstić information content (AvgIpc) is 3.25. The third-order valence-corrected chi connectivity index (χ3v) is 4.04. The minimum atomic E-state index is -0.304. The monoisotopic (exact) mass is 337 g/mol. The van der Waals surface area contributed by atoms with Gasteiger partial charge >= 0.3 is 0 Å². The SMILES string of the molecule is O=c1c(NCc2cc(F)ccc2Br)nccn1C1CC1. The van der Waals surface area contributed by atoms with E-state index in [9.17, 15) is 9.18 Å². The summed E-state index contributed by atoms with van der Waals surface area (Å²) in [6.45, 7) is 0.343. The summed E-state index contributed by atoms with van der Waals surface area (Å²) in [5.41, 5.74) is 0.621. The van der Waals surface area contributed by atoms with E-state index >= 15 is 0 Å². The molecule has 0 bridgehead atoms. The van der Waals surface area contributed by atoms with Crippen LogP contribution in [0.25, 0.3) is 0 Å². The van der Waals surface area contributed by atoms with Gasteiger partial charge in [0.05, 0.1) is 0 Å². The molecule has 4 nitrogen and oxygen atoms in total. The molecule has 0 aliphatic heterocycles. The van der Waals surface area contributed by atoms with Crippen LogP contribution >= 0.6 is 15.9 Å². The largest absolute Gasteiger partial charge is 0.361 e. The van der Waals surface area contributed by atoms with Crippen molar-refractivity contribution < 1.29 is 4.39 Å². The summed E-state index contributed by atoms with van der Waals surface area (Å²) in [4.78, 5) is 16.2. The molecule has 0 amide bonds. The fourth-order valence-corrected chi connectivity index (χ4v) is 2.43. The highest BCUT2D eigenvalue weighted by Crippen LogP contribution is 2.33. The third-order valence-electron chi connectivity index (χ3n) is 3.26. The van der Waals surface area contributed by atoms with Gasteiger partial charge in [-0.2, -0.15) is 0 Å². The standard InChI is InChI=1S/C14H13BrFN3O/c15-12-4-1-10(16)7-9(12)8-18-13-14(20)19(6-5-17-13)11-2-3-11/h1,4-7,11H,2-3,8H2,(H,17,18). The summed E-state index contributed by atoms with van der Waals surface area (Å²) in [6, 6.07) is 4.77. The number of aromatic nitrogens is 2. The molecule has 0 radical (unpaired) electrons. The van der Waals surface area contributed by atoms with Crippen LogP contribution in [0.15, 0.2) is 39.9 Å². The van der Waals surface area contributed by atoms with Gasteiger partial charge in [-0.25, -0.2) is 9.37 Å². The van der Waals surface area contributed by atoms with E-state index in [4.69, 9.17) is 0 Å². The van der Waals surface area contributed by atoms with Crippen LogP contribution in [-0.4, -0.2) is 9.55 Å². The van der Waals surface area contributed by atoms with E-state index < -0.39 is 0 Å². The van der Waals surface area contributed by atoms with Crippen molar-refractivity contribution in [3.8, 4) is 0 Å². The molecule has 20 heavy (non-hydrogen) atoms. The van der Waals surface area contributed by atoms with E-state index in [-0.39, 0.29) is 11.4 Å². The van der Waals surface area contributed by atoms with Gasteiger partial charge in [-0.1, -0.05) is 15.9 Å². The van der Waals surface area contributed by atoms with Crippen molar-refractivity contribution in [3.63, 3.8) is 0 Å². The Morgan fingerprint density at radius 1 is 1.45 bits per heavy atom. The third kappa shape index (κ3) is 2.75. The van der Waals surface area contributed by atoms with Gasteiger partial charge < -0.3 is 9.88 Å². The Kier molecular flexibility index (Phi) is 3.56. The van der Waals surface area contributed by atoms with Crippen LogP contribution in [0.1, 0.15) is 24.4 Å². The van der Waals surface area contributed by atoms with Crippen LogP contribution in [0, 0.1) is 5.82 Å². The quantitative estimate of drug-likeness (QED) is 0.932. The van der Waals surface area contributed by atoms with Gasteiger partial charge in [-0.3, -0.25) is 4.79 Å². The Morgan fingerprint density at radius 3 is 3.00 bits per heavy atom. The van der Waals surface area contributed by atoms with E-state index in [1.54, 1.807) is 23.0 Å². The van der Waals surface area contributed by atoms with Crippen LogP contribution in [-0.2, 0) is 6.54 Å². The highest BCUT2D eigenvalue weighted by atomic mass is 79.9. The van der Waals surface area contributed by atoms with Gasteiger partial charge in [-0.05, 0) is 36.6 Å². The molecule has 1 aliphatic rings. The minimum Gasteiger partial charge on any atom is -0.361 e. The first-order valence-corrected chi connectivity index (χ1v) is 7.19. The van der Waals surface area contributed by atoms with E-state index in [2.05, 4.69) is 26.2 Å². The molecule has 2 aromatic rings. The summed E-state index contributed by atoms with van der Waals surface area (Å²) >= 11 is 3.36. The maximum Gasteiger partial charge on any atom is 0.293 e. The van der Waals surface area contributed by atoms with Crippen LogP contribution < -0.4 is 10.9 Å². The van der Waals surface area contributed by atoms with Gasteiger partial charge in [-0.15, -0.1) is 0 Å². The second kappa shape index (κ2) is 5.36. The zero-order valence-corrected chi connectivity index (χ0v) is 12.2. The molecular weight excluding hydrogens is 325 g/mol. The molecule has 1 aromatic heterocycles. The van der Waals surface area contributed by atoms with Crippen LogP contribution in [0.2, 0.25) is 0 Å². The molecule has 1 aromatic carbocycles. The number of benzene rings is 1. The van der Waals surface area contributed by atoms with Crippen molar-refractivity contribution in [2.24, 2.45) is 0 Å². The summed E-state index contributed by atoms with van der Waals surface area (Å²) in [6.07, 6.45) is 5.41. The molecule has 1 N–H and O–H groups in total. The molecule has 1 fully saturated rings. The number of nitrogens with one attached hydrogen (secondary N) is 1. The fourth-order valence-electron chi connectivity index (χ4n) is 2.04. The van der Waals surface area contributed by atoms with E-state index in [0.717, 1.165) is 22.9 Å². The molecule has 104 valence electrons. The Labute approximate surface area is 123 Å². The van der Waals surface area contributed by atoms with Crippen molar-refractivity contribution in [1.29, 1.82) is 0 Å². The molecule has 0 atom stereocenters. The highest BCUT2D eigenvalue weighted by Gasteiger charge is 2.25. The number of hydrogen-bond donors (Lipinski definition) is 1. The lowest BCUT2D eigenvalue weighted by Crippen LogP contribution is -2.23. The number of hydrogen-bond acceptors (Lipinski definition) is 3. The Bertz CT molecular complexity index is 697. The van der Waals surface area contributed by atoms with Crippen LogP contribution in [0.3, 0.4) is 0 Å². The lowest BCUT2D eigenvalue weighted by molar-refractivity contribution is 0.625. The smallest absolute Gasteiger partial charge is 0.293 e. The first kappa shape index (κ1) is 13.3. The molecule has 6 heteroatoms. The first-order chi connectivity index (χ1) is 9.65. The van der Waals surface area contributed by atoms with Crippen LogP contribution in [0.5, 0.6) is 0 Å². The molecule has 0 spiro atoms. The molecule has 3 rings (SSSR count). The lowest BCUT2D eigenvalue weighted by Gasteiger charge is -2.09. The summed E-state index contributed by atoms with van der Waals surface area (Å²) in [5, 5.41) is 2.98. The fraction of sp³-hybridized carbons (Fsp3) is 0.286. The highest BCUT2D eigenvalue weighted by molar-refractivity contribution is 9.10. The van der Waals surface area contributed by atoms with Gasteiger partial charge in [0, 0.05) is 29.5 Å². The maximum absolute atomic E-state index is 13.2. The molecule has 1 heterocycles.